The Morgan fingerprint density at radius 3 is 1.86 bits per heavy atom. The van der Waals surface area contributed by atoms with Crippen LogP contribution in [0.25, 0.3) is 66.1 Å². The number of fused-ring (bicyclic) bond motifs is 6. The summed E-state index contributed by atoms with van der Waals surface area (Å²) in [6, 6.07) is 52.4. The lowest BCUT2D eigenvalue weighted by molar-refractivity contribution is 0.757. The summed E-state index contributed by atoms with van der Waals surface area (Å²) < 4.78 is 4.46. The summed E-state index contributed by atoms with van der Waals surface area (Å²) in [5.74, 6) is 0.0761. The van der Waals surface area contributed by atoms with E-state index in [0.29, 0.717) is 23.1 Å². The fourth-order valence-electron chi connectivity index (χ4n) is 8.10. The summed E-state index contributed by atoms with van der Waals surface area (Å²) in [6.07, 6.45) is 2.85. The fourth-order valence-corrected chi connectivity index (χ4v) is 8.10. The lowest BCUT2D eigenvalue weighted by atomic mass is 9.77. The van der Waals surface area contributed by atoms with Crippen LogP contribution in [0.4, 0.5) is 0 Å². The van der Waals surface area contributed by atoms with Gasteiger partial charge in [0.05, 0.1) is 56.6 Å². The zero-order valence-electron chi connectivity index (χ0n) is 27.8. The third-order valence-electron chi connectivity index (χ3n) is 10.3. The van der Waals surface area contributed by atoms with Gasteiger partial charge in [0.2, 0.25) is 0 Å². The molecule has 2 aromatic heterocycles. The van der Waals surface area contributed by atoms with Crippen molar-refractivity contribution in [3.8, 4) is 29.6 Å². The van der Waals surface area contributed by atoms with Crippen LogP contribution in [0.15, 0.2) is 145 Å². The van der Waals surface area contributed by atoms with E-state index in [1.54, 1.807) is 0 Å². The molecule has 0 spiro atoms. The molecule has 1 atom stereocenters. The van der Waals surface area contributed by atoms with Gasteiger partial charge in [0.15, 0.2) is 0 Å². The van der Waals surface area contributed by atoms with Gasteiger partial charge in [-0.25, -0.2) is 0 Å². The summed E-state index contributed by atoms with van der Waals surface area (Å²) in [5.41, 5.74) is 11.1. The van der Waals surface area contributed by atoms with Crippen LogP contribution in [-0.2, 0) is 0 Å². The lowest BCUT2D eigenvalue weighted by Crippen LogP contribution is -2.11. The first-order valence-electron chi connectivity index (χ1n) is 17.0. The van der Waals surface area contributed by atoms with E-state index < -0.39 is 0 Å². The largest absolute Gasteiger partial charge is 0.309 e. The van der Waals surface area contributed by atoms with Crippen LogP contribution in [0.5, 0.6) is 0 Å². The average molecular weight is 652 g/mol. The molecule has 0 radical (unpaired) electrons. The Hall–Kier alpha value is -7.13. The zero-order chi connectivity index (χ0) is 34.6. The van der Waals surface area contributed by atoms with E-state index in [1.807, 2.05) is 48.5 Å². The maximum atomic E-state index is 11.0. The third-order valence-corrected chi connectivity index (χ3v) is 10.3. The minimum Gasteiger partial charge on any atom is -0.309 e. The molecule has 2 heterocycles. The van der Waals surface area contributed by atoms with Crippen LogP contribution in [0.3, 0.4) is 0 Å². The topological polar surface area (TPSA) is 81.2 Å². The maximum Gasteiger partial charge on any atom is 0.100 e. The van der Waals surface area contributed by atoms with E-state index in [-0.39, 0.29) is 5.92 Å². The van der Waals surface area contributed by atoms with Crippen LogP contribution in [0, 0.1) is 39.9 Å². The Labute approximate surface area is 295 Å². The summed E-state index contributed by atoms with van der Waals surface area (Å²) in [7, 11) is 0. The fraction of sp³-hybridized carbons (Fsp3) is 0.0652. The summed E-state index contributed by atoms with van der Waals surface area (Å²) in [4.78, 5) is 0. The molecule has 51 heavy (non-hydrogen) atoms. The minimum absolute atomic E-state index is 0.0761. The summed E-state index contributed by atoms with van der Waals surface area (Å²) in [6.45, 7) is 2.17. The van der Waals surface area contributed by atoms with Crippen LogP contribution < -0.4 is 0 Å². The van der Waals surface area contributed by atoms with Crippen molar-refractivity contribution in [1.82, 2.24) is 9.13 Å². The molecule has 5 heteroatoms. The third kappa shape index (κ3) is 4.52. The zero-order valence-corrected chi connectivity index (χ0v) is 27.8. The van der Waals surface area contributed by atoms with Gasteiger partial charge in [0.1, 0.15) is 6.07 Å². The first kappa shape index (κ1) is 30.0. The molecular formula is C46H29N5. The van der Waals surface area contributed by atoms with Crippen molar-refractivity contribution in [3.63, 3.8) is 0 Å². The van der Waals surface area contributed by atoms with E-state index in [2.05, 4.69) is 125 Å². The van der Waals surface area contributed by atoms with Crippen molar-refractivity contribution in [2.45, 2.75) is 13.3 Å². The Morgan fingerprint density at radius 2 is 1.20 bits per heavy atom. The highest BCUT2D eigenvalue weighted by Gasteiger charge is 2.28. The molecule has 6 aromatic carbocycles. The Balaban J connectivity index is 1.27. The molecule has 0 bridgehead atoms. The Bertz CT molecular complexity index is 2890. The Kier molecular flexibility index (Phi) is 6.92. The molecule has 0 fully saturated rings. The van der Waals surface area contributed by atoms with Crippen molar-refractivity contribution >= 4 is 54.8 Å². The predicted octanol–water partition coefficient (Wildman–Crippen LogP) is 11.0. The number of allylic oxidation sites excluding steroid dienone is 4. The number of benzene rings is 6. The van der Waals surface area contributed by atoms with Crippen molar-refractivity contribution < 1.29 is 0 Å². The van der Waals surface area contributed by atoms with Crippen LogP contribution in [0.1, 0.15) is 35.6 Å². The van der Waals surface area contributed by atoms with Gasteiger partial charge < -0.3 is 9.13 Å². The molecule has 0 saturated heterocycles. The first-order valence-corrected chi connectivity index (χ1v) is 17.0. The number of hydrogen-bond acceptors (Lipinski definition) is 3. The highest BCUT2D eigenvalue weighted by Crippen LogP contribution is 2.45. The second-order valence-electron chi connectivity index (χ2n) is 13.1. The van der Waals surface area contributed by atoms with Crippen molar-refractivity contribution in [1.29, 1.82) is 15.8 Å². The van der Waals surface area contributed by atoms with Gasteiger partial charge in [-0.15, -0.1) is 0 Å². The molecule has 0 N–H and O–H groups in total. The molecule has 0 saturated carbocycles. The molecule has 8 aromatic rings. The molecule has 1 aliphatic rings. The second-order valence-corrected chi connectivity index (χ2v) is 13.1. The summed E-state index contributed by atoms with van der Waals surface area (Å²) >= 11 is 0. The number of aromatic nitrogens is 2. The van der Waals surface area contributed by atoms with E-state index in [9.17, 15) is 15.8 Å². The molecule has 5 nitrogen and oxygen atoms in total. The number of rotatable bonds is 4. The number of nitrogens with zero attached hydrogens (tertiary/aromatic N) is 5. The van der Waals surface area contributed by atoms with Gasteiger partial charge in [-0.05, 0) is 89.7 Å². The predicted molar refractivity (Wildman–Crippen MR) is 205 cm³/mol. The molecule has 0 aliphatic heterocycles. The highest BCUT2D eigenvalue weighted by molar-refractivity contribution is 6.11. The quantitative estimate of drug-likeness (QED) is 0.190. The molecule has 1 unspecified atom stereocenters. The SMILES string of the molecule is CC1CC=C(c2c(C#N)cccc2-n2c3ccccc3c3cc(C#N)ccc32)C(C#N)=C1c1cccc(-n2c3ccccc3c3ccccc32)c1. The van der Waals surface area contributed by atoms with E-state index in [1.165, 1.54) is 10.8 Å². The Morgan fingerprint density at radius 1 is 0.569 bits per heavy atom. The van der Waals surface area contributed by atoms with Crippen molar-refractivity contribution in [2.24, 2.45) is 5.92 Å². The van der Waals surface area contributed by atoms with E-state index >= 15 is 0 Å². The molecule has 238 valence electrons. The van der Waals surface area contributed by atoms with Crippen LogP contribution in [-0.4, -0.2) is 9.13 Å². The van der Waals surface area contributed by atoms with Gasteiger partial charge in [-0.2, -0.15) is 15.8 Å². The average Bonchev–Trinajstić information content (AvgIpc) is 3.70. The van der Waals surface area contributed by atoms with Crippen molar-refractivity contribution in [2.75, 3.05) is 0 Å². The monoisotopic (exact) mass is 651 g/mol. The van der Waals surface area contributed by atoms with Gasteiger partial charge in [0.25, 0.3) is 0 Å². The standard InChI is InChI=1S/C46H29N5/c1-29-20-22-37(46-32(27-48)11-9-19-44(46)51-42-18-7-4-15-36(42)38-24-30(26-47)21-23-43(38)51)39(28-49)45(29)31-10-8-12-33(25-31)50-40-16-5-2-13-34(40)35-14-3-6-17-41(35)50/h2-19,21-25,29H,20H2,1H3. The number of para-hydroxylation sites is 3. The van der Waals surface area contributed by atoms with Crippen molar-refractivity contribution in [3.05, 3.63) is 167 Å². The maximum absolute atomic E-state index is 11.0. The number of nitriles is 3. The van der Waals surface area contributed by atoms with E-state index in [0.717, 1.165) is 66.5 Å². The van der Waals surface area contributed by atoms with Crippen LogP contribution in [0.2, 0.25) is 0 Å². The smallest absolute Gasteiger partial charge is 0.100 e. The first-order chi connectivity index (χ1) is 25.1. The van der Waals surface area contributed by atoms with Gasteiger partial charge >= 0.3 is 0 Å². The van der Waals surface area contributed by atoms with Gasteiger partial charge in [0, 0.05) is 32.8 Å². The lowest BCUT2D eigenvalue weighted by Gasteiger charge is -2.26. The van der Waals surface area contributed by atoms with Gasteiger partial charge in [-0.3, -0.25) is 0 Å². The van der Waals surface area contributed by atoms with Crippen LogP contribution >= 0.6 is 0 Å². The second kappa shape index (κ2) is 11.8. The highest BCUT2D eigenvalue weighted by atomic mass is 15.0. The van der Waals surface area contributed by atoms with E-state index in [4.69, 9.17) is 0 Å². The normalized spacial score (nSPS) is 14.5. The minimum atomic E-state index is 0.0761. The molecular weight excluding hydrogens is 623 g/mol. The molecule has 9 rings (SSSR count). The molecule has 1 aliphatic carbocycles. The number of hydrogen-bond donors (Lipinski definition) is 0. The van der Waals surface area contributed by atoms with Gasteiger partial charge in [-0.1, -0.05) is 85.8 Å². The molecule has 0 amide bonds. The summed E-state index contributed by atoms with van der Waals surface area (Å²) in [5, 5.41) is 35.6.